The number of aryl methyl sites for hydroxylation is 1. The second kappa shape index (κ2) is 7.55. The van der Waals surface area contributed by atoms with Crippen LogP contribution in [0.25, 0.3) is 11.1 Å². The number of aromatic nitrogens is 1. The lowest BCUT2D eigenvalue weighted by atomic mass is 10.1. The molecule has 0 spiro atoms. The molecule has 1 amide bonds. The van der Waals surface area contributed by atoms with Crippen molar-refractivity contribution in [2.75, 3.05) is 5.32 Å². The maximum Gasteiger partial charge on any atom is 0.229 e. The van der Waals surface area contributed by atoms with Crippen LogP contribution in [0.5, 0.6) is 0 Å². The molecular weight excluding hydrogens is 296 g/mol. The first-order chi connectivity index (χ1) is 11.7. The maximum absolute atomic E-state index is 12.1. The number of benzene rings is 2. The molecule has 3 rings (SSSR count). The topological polar surface area (TPSA) is 42.0 Å². The summed E-state index contributed by atoms with van der Waals surface area (Å²) >= 11 is 0. The van der Waals surface area contributed by atoms with Crippen LogP contribution >= 0.6 is 0 Å². The van der Waals surface area contributed by atoms with Crippen molar-refractivity contribution in [1.82, 2.24) is 4.98 Å². The second-order valence-electron chi connectivity index (χ2n) is 5.69. The Morgan fingerprint density at radius 3 is 2.21 bits per heavy atom. The van der Waals surface area contributed by atoms with Crippen molar-refractivity contribution in [2.24, 2.45) is 0 Å². The third-order valence-electron chi connectivity index (χ3n) is 3.93. The van der Waals surface area contributed by atoms with E-state index >= 15 is 0 Å². The molecule has 3 aromatic rings. The highest BCUT2D eigenvalue weighted by atomic mass is 16.1. The smallest absolute Gasteiger partial charge is 0.229 e. The van der Waals surface area contributed by atoms with Crippen LogP contribution in [0.1, 0.15) is 18.1 Å². The summed E-state index contributed by atoms with van der Waals surface area (Å²) in [4.78, 5) is 16.5. The van der Waals surface area contributed by atoms with Gasteiger partial charge >= 0.3 is 0 Å². The number of nitrogens with zero attached hydrogens (tertiary/aromatic N) is 1. The zero-order valence-corrected chi connectivity index (χ0v) is 13.7. The van der Waals surface area contributed by atoms with Gasteiger partial charge in [0.25, 0.3) is 0 Å². The molecule has 2 aromatic carbocycles. The Balaban J connectivity index is 1.62. The largest absolute Gasteiger partial charge is 0.310 e. The minimum absolute atomic E-state index is 0.0563. The number of carbonyl (C=O) groups is 1. The van der Waals surface area contributed by atoms with E-state index in [1.54, 1.807) is 6.20 Å². The first-order valence-corrected chi connectivity index (χ1v) is 8.14. The molecular formula is C21H20N2O. The van der Waals surface area contributed by atoms with Crippen LogP contribution in [0.15, 0.2) is 72.9 Å². The highest BCUT2D eigenvalue weighted by Crippen LogP contribution is 2.19. The summed E-state index contributed by atoms with van der Waals surface area (Å²) in [5, 5.41) is 2.85. The standard InChI is InChI=1S/C21H20N2O/c1-2-16-8-10-17(11-9-16)14-21(24)23-20-13-12-19(15-22-20)18-6-4-3-5-7-18/h3-13,15H,2,14H2,1H3,(H,22,23,24). The van der Waals surface area contributed by atoms with Crippen molar-refractivity contribution in [2.45, 2.75) is 19.8 Å². The van der Waals surface area contributed by atoms with E-state index in [1.807, 2.05) is 54.6 Å². The highest BCUT2D eigenvalue weighted by Gasteiger charge is 2.05. The lowest BCUT2D eigenvalue weighted by Gasteiger charge is -2.06. The van der Waals surface area contributed by atoms with Gasteiger partial charge in [0, 0.05) is 11.8 Å². The molecule has 1 aromatic heterocycles. The molecule has 0 atom stereocenters. The normalized spacial score (nSPS) is 10.4. The fraction of sp³-hybridized carbons (Fsp3) is 0.143. The maximum atomic E-state index is 12.1. The molecule has 1 N–H and O–H groups in total. The van der Waals surface area contributed by atoms with Gasteiger partial charge in [-0.25, -0.2) is 4.98 Å². The van der Waals surface area contributed by atoms with Crippen LogP contribution in [0, 0.1) is 0 Å². The van der Waals surface area contributed by atoms with Crippen molar-refractivity contribution >= 4 is 11.7 Å². The molecule has 0 saturated heterocycles. The van der Waals surface area contributed by atoms with Crippen LogP contribution in [0.4, 0.5) is 5.82 Å². The highest BCUT2D eigenvalue weighted by molar-refractivity contribution is 5.91. The molecule has 0 aliphatic heterocycles. The second-order valence-corrected chi connectivity index (χ2v) is 5.69. The van der Waals surface area contributed by atoms with E-state index in [4.69, 9.17) is 0 Å². The number of hydrogen-bond donors (Lipinski definition) is 1. The van der Waals surface area contributed by atoms with Gasteiger partial charge in [-0.2, -0.15) is 0 Å². The molecule has 0 radical (unpaired) electrons. The molecule has 0 aliphatic carbocycles. The summed E-state index contributed by atoms with van der Waals surface area (Å²) in [6.07, 6.45) is 3.14. The van der Waals surface area contributed by atoms with Gasteiger partial charge in [0.15, 0.2) is 0 Å². The number of anilines is 1. The molecule has 0 saturated carbocycles. The van der Waals surface area contributed by atoms with E-state index < -0.39 is 0 Å². The fourth-order valence-electron chi connectivity index (χ4n) is 2.53. The summed E-state index contributed by atoms with van der Waals surface area (Å²) in [7, 11) is 0. The fourth-order valence-corrected chi connectivity index (χ4v) is 2.53. The van der Waals surface area contributed by atoms with Gasteiger partial charge in [0.2, 0.25) is 5.91 Å². The van der Waals surface area contributed by atoms with E-state index in [0.717, 1.165) is 23.1 Å². The number of rotatable bonds is 5. The quantitative estimate of drug-likeness (QED) is 0.753. The van der Waals surface area contributed by atoms with Gasteiger partial charge in [-0.15, -0.1) is 0 Å². The van der Waals surface area contributed by atoms with Gasteiger partial charge in [0.05, 0.1) is 6.42 Å². The number of pyridine rings is 1. The summed E-state index contributed by atoms with van der Waals surface area (Å²) < 4.78 is 0. The number of hydrogen-bond acceptors (Lipinski definition) is 2. The molecule has 3 nitrogen and oxygen atoms in total. The van der Waals surface area contributed by atoms with Gasteiger partial charge in [-0.1, -0.05) is 61.5 Å². The van der Waals surface area contributed by atoms with Gasteiger partial charge in [-0.3, -0.25) is 4.79 Å². The molecule has 0 fully saturated rings. The Morgan fingerprint density at radius 1 is 0.875 bits per heavy atom. The van der Waals surface area contributed by atoms with Crippen LogP contribution in [0.3, 0.4) is 0 Å². The van der Waals surface area contributed by atoms with E-state index in [1.165, 1.54) is 5.56 Å². The van der Waals surface area contributed by atoms with Gasteiger partial charge < -0.3 is 5.32 Å². The molecule has 0 bridgehead atoms. The van der Waals surface area contributed by atoms with Crippen molar-refractivity contribution in [1.29, 1.82) is 0 Å². The van der Waals surface area contributed by atoms with Gasteiger partial charge in [-0.05, 0) is 35.2 Å². The van der Waals surface area contributed by atoms with Crippen LogP contribution in [-0.2, 0) is 17.6 Å². The summed E-state index contributed by atoms with van der Waals surface area (Å²) in [6.45, 7) is 2.12. The molecule has 120 valence electrons. The number of amides is 1. The van der Waals surface area contributed by atoms with Crippen molar-refractivity contribution < 1.29 is 4.79 Å². The zero-order valence-electron chi connectivity index (χ0n) is 13.7. The minimum Gasteiger partial charge on any atom is -0.310 e. The average Bonchev–Trinajstić information content (AvgIpc) is 2.64. The SMILES string of the molecule is CCc1ccc(CC(=O)Nc2ccc(-c3ccccc3)cn2)cc1. The molecule has 0 unspecified atom stereocenters. The molecule has 3 heteroatoms. The Bertz CT molecular complexity index is 794. The Morgan fingerprint density at radius 2 is 1.58 bits per heavy atom. The van der Waals surface area contributed by atoms with Crippen molar-refractivity contribution in [3.8, 4) is 11.1 Å². The van der Waals surface area contributed by atoms with Crippen LogP contribution in [0.2, 0.25) is 0 Å². The summed E-state index contributed by atoms with van der Waals surface area (Å²) in [6, 6.07) is 22.0. The first kappa shape index (κ1) is 15.9. The minimum atomic E-state index is -0.0563. The van der Waals surface area contributed by atoms with Crippen LogP contribution in [-0.4, -0.2) is 10.9 Å². The van der Waals surface area contributed by atoms with E-state index in [2.05, 4.69) is 29.4 Å². The predicted octanol–water partition coefficient (Wildman–Crippen LogP) is 4.49. The number of nitrogens with one attached hydrogen (secondary N) is 1. The first-order valence-electron chi connectivity index (χ1n) is 8.14. The summed E-state index contributed by atoms with van der Waals surface area (Å²) in [5.74, 6) is 0.518. The lowest BCUT2D eigenvalue weighted by Crippen LogP contribution is -2.15. The molecule has 24 heavy (non-hydrogen) atoms. The van der Waals surface area contributed by atoms with Gasteiger partial charge in [0.1, 0.15) is 5.82 Å². The third-order valence-corrected chi connectivity index (χ3v) is 3.93. The molecule has 1 heterocycles. The van der Waals surface area contributed by atoms with E-state index in [0.29, 0.717) is 12.2 Å². The lowest BCUT2D eigenvalue weighted by molar-refractivity contribution is -0.115. The Kier molecular flexibility index (Phi) is 5.02. The zero-order chi connectivity index (χ0) is 16.8. The Labute approximate surface area is 142 Å². The predicted molar refractivity (Wildman–Crippen MR) is 97.8 cm³/mol. The number of carbonyl (C=O) groups excluding carboxylic acids is 1. The van der Waals surface area contributed by atoms with Crippen molar-refractivity contribution in [3.05, 3.63) is 84.1 Å². The van der Waals surface area contributed by atoms with E-state index in [9.17, 15) is 4.79 Å². The third kappa shape index (κ3) is 4.07. The average molecular weight is 316 g/mol. The van der Waals surface area contributed by atoms with Crippen LogP contribution < -0.4 is 5.32 Å². The van der Waals surface area contributed by atoms with Crippen molar-refractivity contribution in [3.63, 3.8) is 0 Å². The monoisotopic (exact) mass is 316 g/mol. The Hall–Kier alpha value is -2.94. The summed E-state index contributed by atoms with van der Waals surface area (Å²) in [5.41, 5.74) is 4.42. The molecule has 0 aliphatic rings. The van der Waals surface area contributed by atoms with E-state index in [-0.39, 0.29) is 5.91 Å².